The van der Waals surface area contributed by atoms with E-state index in [-0.39, 0.29) is 17.4 Å². The van der Waals surface area contributed by atoms with Gasteiger partial charge >= 0.3 is 6.18 Å². The van der Waals surface area contributed by atoms with Gasteiger partial charge < -0.3 is 8.94 Å². The predicted molar refractivity (Wildman–Crippen MR) is 120 cm³/mol. The van der Waals surface area contributed by atoms with Crippen molar-refractivity contribution in [2.24, 2.45) is 0 Å². The lowest BCUT2D eigenvalue weighted by molar-refractivity contribution is -0.137. The van der Waals surface area contributed by atoms with E-state index in [4.69, 9.17) is 8.94 Å². The fraction of sp³-hybridized carbons (Fsp3) is 0.333. The molecule has 2 aromatic carbocycles. The lowest BCUT2D eigenvalue weighted by atomic mass is 10.1. The predicted octanol–water partition coefficient (Wildman–Crippen LogP) is 4.68. The number of benzene rings is 2. The van der Waals surface area contributed by atoms with Gasteiger partial charge in [0.05, 0.1) is 18.2 Å². The first-order chi connectivity index (χ1) is 16.9. The van der Waals surface area contributed by atoms with Gasteiger partial charge in [-0.05, 0) is 31.2 Å². The van der Waals surface area contributed by atoms with Gasteiger partial charge in [0.25, 0.3) is 0 Å². The van der Waals surface area contributed by atoms with Crippen LogP contribution < -0.4 is 0 Å². The van der Waals surface area contributed by atoms with Crippen molar-refractivity contribution in [2.45, 2.75) is 25.7 Å². The summed E-state index contributed by atoms with van der Waals surface area (Å²) in [5.41, 5.74) is 0.401. The molecular weight excluding hydrogens is 461 g/mol. The van der Waals surface area contributed by atoms with E-state index in [9.17, 15) is 13.2 Å². The summed E-state index contributed by atoms with van der Waals surface area (Å²) in [5.74, 6) is 1.58. The first-order valence-electron chi connectivity index (χ1n) is 11.2. The molecule has 0 radical (unpaired) electrons. The smallest absolute Gasteiger partial charge is 0.416 e. The molecule has 1 aliphatic heterocycles. The van der Waals surface area contributed by atoms with Crippen molar-refractivity contribution in [1.82, 2.24) is 30.1 Å². The summed E-state index contributed by atoms with van der Waals surface area (Å²) in [4.78, 5) is 8.79. The fourth-order valence-electron chi connectivity index (χ4n) is 4.03. The summed E-state index contributed by atoms with van der Waals surface area (Å²) in [5, 5.41) is 12.2. The van der Waals surface area contributed by atoms with E-state index in [2.05, 4.69) is 30.1 Å². The minimum atomic E-state index is -4.43. The van der Waals surface area contributed by atoms with E-state index in [1.54, 1.807) is 0 Å². The quantitative estimate of drug-likeness (QED) is 0.390. The van der Waals surface area contributed by atoms with Gasteiger partial charge in [0.2, 0.25) is 23.5 Å². The molecule has 0 saturated carbocycles. The topological polar surface area (TPSA) is 84.3 Å². The summed E-state index contributed by atoms with van der Waals surface area (Å²) in [6.07, 6.45) is -4.43. The SMILES string of the molecule is CC(c1nc(-c2cccc(C(F)(F)F)c2)no1)N1CCN(Cc2nnc(-c3ccccc3)o2)CC1. The number of alkyl halides is 3. The molecule has 11 heteroatoms. The molecule has 2 aromatic heterocycles. The summed E-state index contributed by atoms with van der Waals surface area (Å²) in [7, 11) is 0. The van der Waals surface area contributed by atoms with Gasteiger partial charge in [0, 0.05) is 37.3 Å². The molecule has 0 spiro atoms. The van der Waals surface area contributed by atoms with Crippen LogP contribution >= 0.6 is 0 Å². The molecular formula is C24H23F3N6O2. The van der Waals surface area contributed by atoms with Crippen LogP contribution in [0.2, 0.25) is 0 Å². The molecule has 182 valence electrons. The zero-order valence-electron chi connectivity index (χ0n) is 18.9. The third-order valence-corrected chi connectivity index (χ3v) is 6.05. The highest BCUT2D eigenvalue weighted by molar-refractivity contribution is 5.56. The van der Waals surface area contributed by atoms with Gasteiger partial charge in [-0.3, -0.25) is 9.80 Å². The van der Waals surface area contributed by atoms with Crippen LogP contribution in [0.5, 0.6) is 0 Å². The molecule has 0 bridgehead atoms. The van der Waals surface area contributed by atoms with Crippen LogP contribution in [0.3, 0.4) is 0 Å². The van der Waals surface area contributed by atoms with Gasteiger partial charge in [-0.15, -0.1) is 10.2 Å². The maximum Gasteiger partial charge on any atom is 0.416 e. The van der Waals surface area contributed by atoms with E-state index in [0.29, 0.717) is 24.2 Å². The number of hydrogen-bond donors (Lipinski definition) is 0. The Morgan fingerprint density at radius 1 is 0.943 bits per heavy atom. The highest BCUT2D eigenvalue weighted by Crippen LogP contribution is 2.32. The van der Waals surface area contributed by atoms with Crippen LogP contribution in [-0.2, 0) is 12.7 Å². The Hall–Kier alpha value is -3.57. The monoisotopic (exact) mass is 484 g/mol. The van der Waals surface area contributed by atoms with Crippen LogP contribution in [0.25, 0.3) is 22.8 Å². The second-order valence-electron chi connectivity index (χ2n) is 8.39. The van der Waals surface area contributed by atoms with E-state index in [0.717, 1.165) is 43.9 Å². The van der Waals surface area contributed by atoms with Crippen molar-refractivity contribution in [3.05, 3.63) is 71.9 Å². The Kier molecular flexibility index (Phi) is 6.35. The normalized spacial score (nSPS) is 16.5. The molecule has 0 aliphatic carbocycles. The van der Waals surface area contributed by atoms with Gasteiger partial charge in [0.15, 0.2) is 0 Å². The molecule has 3 heterocycles. The number of hydrogen-bond acceptors (Lipinski definition) is 8. The van der Waals surface area contributed by atoms with Crippen LogP contribution in [0.15, 0.2) is 63.5 Å². The Labute approximate surface area is 199 Å². The number of halogens is 3. The number of piperazine rings is 1. The Balaban J connectivity index is 1.18. The molecule has 4 aromatic rings. The highest BCUT2D eigenvalue weighted by Gasteiger charge is 2.31. The average molecular weight is 484 g/mol. The molecule has 35 heavy (non-hydrogen) atoms. The number of nitrogens with zero attached hydrogens (tertiary/aromatic N) is 6. The minimum Gasteiger partial charge on any atom is -0.419 e. The summed E-state index contributed by atoms with van der Waals surface area (Å²) < 4.78 is 50.3. The zero-order chi connectivity index (χ0) is 24.4. The minimum absolute atomic E-state index is 0.141. The van der Waals surface area contributed by atoms with Crippen molar-refractivity contribution in [2.75, 3.05) is 26.2 Å². The van der Waals surface area contributed by atoms with Crippen LogP contribution in [0, 0.1) is 0 Å². The lowest BCUT2D eigenvalue weighted by Crippen LogP contribution is -2.46. The molecule has 5 rings (SSSR count). The molecule has 1 saturated heterocycles. The molecule has 1 aliphatic rings. The van der Waals surface area contributed by atoms with Crippen molar-refractivity contribution < 1.29 is 22.1 Å². The van der Waals surface area contributed by atoms with Crippen LogP contribution in [-0.4, -0.2) is 56.3 Å². The Morgan fingerprint density at radius 2 is 1.69 bits per heavy atom. The van der Waals surface area contributed by atoms with Gasteiger partial charge in [0.1, 0.15) is 0 Å². The van der Waals surface area contributed by atoms with Crippen LogP contribution in [0.4, 0.5) is 13.2 Å². The van der Waals surface area contributed by atoms with Gasteiger partial charge in [-0.1, -0.05) is 35.5 Å². The van der Waals surface area contributed by atoms with Gasteiger partial charge in [-0.25, -0.2) is 0 Å². The summed E-state index contributed by atoms with van der Waals surface area (Å²) in [6.45, 7) is 5.57. The Morgan fingerprint density at radius 3 is 2.43 bits per heavy atom. The largest absolute Gasteiger partial charge is 0.419 e. The van der Waals surface area contributed by atoms with Crippen molar-refractivity contribution >= 4 is 0 Å². The third kappa shape index (κ3) is 5.25. The Bertz CT molecular complexity index is 1270. The van der Waals surface area contributed by atoms with E-state index in [1.807, 2.05) is 37.3 Å². The molecule has 0 amide bonds. The highest BCUT2D eigenvalue weighted by atomic mass is 19.4. The van der Waals surface area contributed by atoms with Crippen LogP contribution in [0.1, 0.15) is 30.3 Å². The van der Waals surface area contributed by atoms with E-state index < -0.39 is 11.7 Å². The molecule has 1 unspecified atom stereocenters. The zero-order valence-corrected chi connectivity index (χ0v) is 18.9. The van der Waals surface area contributed by atoms with Crippen molar-refractivity contribution in [3.63, 3.8) is 0 Å². The maximum absolute atomic E-state index is 13.0. The van der Waals surface area contributed by atoms with Crippen molar-refractivity contribution in [1.29, 1.82) is 0 Å². The van der Waals surface area contributed by atoms with Crippen molar-refractivity contribution in [3.8, 4) is 22.8 Å². The number of rotatable bonds is 6. The number of aromatic nitrogens is 4. The van der Waals surface area contributed by atoms with E-state index in [1.165, 1.54) is 12.1 Å². The molecule has 1 atom stereocenters. The van der Waals surface area contributed by atoms with E-state index >= 15 is 0 Å². The lowest BCUT2D eigenvalue weighted by Gasteiger charge is -2.36. The second kappa shape index (κ2) is 9.59. The summed E-state index contributed by atoms with van der Waals surface area (Å²) >= 11 is 0. The molecule has 8 nitrogen and oxygen atoms in total. The average Bonchev–Trinajstić information content (AvgIpc) is 3.55. The maximum atomic E-state index is 13.0. The molecule has 0 N–H and O–H groups in total. The molecule has 1 fully saturated rings. The van der Waals surface area contributed by atoms with Gasteiger partial charge in [-0.2, -0.15) is 18.2 Å². The fourth-order valence-corrected chi connectivity index (χ4v) is 4.03. The standard InChI is InChI=1S/C24H23F3N6O2/c1-16(22-28-21(31-35-22)18-8-5-9-19(14-18)24(25,26)27)33-12-10-32(11-13-33)15-20-29-30-23(34-20)17-6-3-2-4-7-17/h2-9,14,16H,10-13,15H2,1H3. The first-order valence-corrected chi connectivity index (χ1v) is 11.2. The second-order valence-corrected chi connectivity index (χ2v) is 8.39. The first kappa shape index (κ1) is 23.2. The third-order valence-electron chi connectivity index (χ3n) is 6.05. The summed E-state index contributed by atoms with van der Waals surface area (Å²) in [6, 6.07) is 14.4.